The van der Waals surface area contributed by atoms with Gasteiger partial charge in [0.25, 0.3) is 0 Å². The summed E-state index contributed by atoms with van der Waals surface area (Å²) in [4.78, 5) is 2.15. The minimum Gasteiger partial charge on any atom is -0.366 e. The monoisotopic (exact) mass is 306 g/mol. The third kappa shape index (κ3) is 3.43. The highest BCUT2D eigenvalue weighted by Crippen LogP contribution is 2.12. The van der Waals surface area contributed by atoms with E-state index >= 15 is 0 Å². The number of rotatable bonds is 5. The normalized spacial score (nSPS) is 11.6. The average Bonchev–Trinajstić information content (AvgIpc) is 2.91. The number of halogens is 1. The van der Waals surface area contributed by atoms with Gasteiger partial charge in [-0.2, -0.15) is 0 Å². The SMILES string of the molecule is CN(CBr)/C(=C\c1ccccc1)Cn1cnnc1. The molecule has 0 N–H and O–H groups in total. The molecular weight excluding hydrogens is 292 g/mol. The van der Waals surface area contributed by atoms with Crippen LogP contribution in [0.3, 0.4) is 0 Å². The maximum atomic E-state index is 3.82. The summed E-state index contributed by atoms with van der Waals surface area (Å²) in [6.45, 7) is 0.754. The fourth-order valence-electron chi connectivity index (χ4n) is 1.59. The number of likely N-dealkylation sites (N-methyl/N-ethyl adjacent to an activating group) is 1. The molecule has 0 bridgehead atoms. The standard InChI is InChI=1S/C13H15BrN4/c1-17(9-14)13(8-18-10-15-16-11-18)7-12-5-3-2-4-6-12/h2-7,10-11H,8-9H2,1H3/b13-7-. The Morgan fingerprint density at radius 1 is 1.28 bits per heavy atom. The largest absolute Gasteiger partial charge is 0.366 e. The van der Waals surface area contributed by atoms with Gasteiger partial charge >= 0.3 is 0 Å². The molecule has 5 heteroatoms. The first-order valence-electron chi connectivity index (χ1n) is 5.64. The van der Waals surface area contributed by atoms with Gasteiger partial charge in [0, 0.05) is 12.7 Å². The molecule has 94 valence electrons. The smallest absolute Gasteiger partial charge is 0.119 e. The molecule has 4 nitrogen and oxygen atoms in total. The molecule has 0 aliphatic heterocycles. The summed E-state index contributed by atoms with van der Waals surface area (Å²) < 4.78 is 1.95. The molecule has 1 aromatic heterocycles. The lowest BCUT2D eigenvalue weighted by Crippen LogP contribution is -2.19. The van der Waals surface area contributed by atoms with Crippen LogP contribution in [0.15, 0.2) is 48.7 Å². The van der Waals surface area contributed by atoms with Gasteiger partial charge in [-0.3, -0.25) is 0 Å². The van der Waals surface area contributed by atoms with Gasteiger partial charge < -0.3 is 9.47 Å². The zero-order valence-electron chi connectivity index (χ0n) is 10.2. The summed E-state index contributed by atoms with van der Waals surface area (Å²) in [5.41, 5.74) is 3.17. The van der Waals surface area contributed by atoms with Gasteiger partial charge in [0.2, 0.25) is 0 Å². The summed E-state index contributed by atoms with van der Waals surface area (Å²) in [6.07, 6.45) is 5.61. The van der Waals surface area contributed by atoms with Crippen LogP contribution in [-0.2, 0) is 6.54 Å². The predicted octanol–water partition coefficient (Wildman–Crippen LogP) is 2.60. The Labute approximate surface area is 115 Å². The molecule has 0 aliphatic carbocycles. The number of nitrogens with zero attached hydrogens (tertiary/aromatic N) is 4. The number of allylic oxidation sites excluding steroid dienone is 1. The Hall–Kier alpha value is -1.62. The van der Waals surface area contributed by atoms with Crippen LogP contribution in [0.4, 0.5) is 0 Å². The molecule has 0 atom stereocenters. The van der Waals surface area contributed by atoms with Crippen LogP contribution in [0.25, 0.3) is 6.08 Å². The summed E-state index contributed by atoms with van der Waals surface area (Å²) >= 11 is 3.48. The Morgan fingerprint density at radius 2 is 1.94 bits per heavy atom. The number of alkyl halides is 1. The molecule has 1 aromatic carbocycles. The lowest BCUT2D eigenvalue weighted by Gasteiger charge is -2.20. The van der Waals surface area contributed by atoms with E-state index in [-0.39, 0.29) is 0 Å². The minimum absolute atomic E-state index is 0.754. The molecule has 0 radical (unpaired) electrons. The van der Waals surface area contributed by atoms with Crippen molar-refractivity contribution in [1.82, 2.24) is 19.7 Å². The second-order valence-corrected chi connectivity index (χ2v) is 4.50. The van der Waals surface area contributed by atoms with Crippen molar-refractivity contribution in [1.29, 1.82) is 0 Å². The molecule has 0 spiro atoms. The van der Waals surface area contributed by atoms with E-state index in [1.165, 1.54) is 11.3 Å². The highest BCUT2D eigenvalue weighted by molar-refractivity contribution is 9.09. The van der Waals surface area contributed by atoms with Crippen molar-refractivity contribution < 1.29 is 0 Å². The molecule has 0 unspecified atom stereocenters. The Bertz CT molecular complexity index is 493. The van der Waals surface area contributed by atoms with Crippen molar-refractivity contribution in [3.63, 3.8) is 0 Å². The molecule has 0 aliphatic rings. The minimum atomic E-state index is 0.754. The van der Waals surface area contributed by atoms with Crippen LogP contribution in [0.2, 0.25) is 0 Å². The van der Waals surface area contributed by atoms with Gasteiger partial charge in [-0.15, -0.1) is 10.2 Å². The molecular formula is C13H15BrN4. The van der Waals surface area contributed by atoms with Crippen molar-refractivity contribution in [3.05, 3.63) is 54.2 Å². The van der Waals surface area contributed by atoms with Gasteiger partial charge in [-0.1, -0.05) is 46.3 Å². The maximum absolute atomic E-state index is 3.82. The van der Waals surface area contributed by atoms with Crippen LogP contribution in [0.1, 0.15) is 5.56 Å². The molecule has 2 aromatic rings. The first-order valence-corrected chi connectivity index (χ1v) is 6.77. The molecule has 0 fully saturated rings. The zero-order valence-corrected chi connectivity index (χ0v) is 11.8. The lowest BCUT2D eigenvalue weighted by molar-refractivity contribution is 0.463. The van der Waals surface area contributed by atoms with E-state index in [9.17, 15) is 0 Å². The molecule has 1 heterocycles. The van der Waals surface area contributed by atoms with Crippen molar-refractivity contribution in [2.75, 3.05) is 12.5 Å². The first kappa shape index (κ1) is 12.8. The lowest BCUT2D eigenvalue weighted by atomic mass is 10.2. The van der Waals surface area contributed by atoms with Crippen LogP contribution >= 0.6 is 15.9 Å². The molecule has 0 saturated carbocycles. The van der Waals surface area contributed by atoms with Crippen LogP contribution in [0.5, 0.6) is 0 Å². The number of hydrogen-bond acceptors (Lipinski definition) is 3. The Kier molecular flexibility index (Phi) is 4.52. The Morgan fingerprint density at radius 3 is 2.56 bits per heavy atom. The van der Waals surface area contributed by atoms with Crippen LogP contribution in [0, 0.1) is 0 Å². The van der Waals surface area contributed by atoms with Crippen molar-refractivity contribution >= 4 is 22.0 Å². The van der Waals surface area contributed by atoms with E-state index in [2.05, 4.69) is 49.2 Å². The van der Waals surface area contributed by atoms with E-state index in [1.807, 2.05) is 29.8 Å². The van der Waals surface area contributed by atoms with Crippen molar-refractivity contribution in [2.45, 2.75) is 6.54 Å². The van der Waals surface area contributed by atoms with Gasteiger partial charge in [0.05, 0.1) is 12.0 Å². The summed E-state index contributed by atoms with van der Waals surface area (Å²) in [7, 11) is 2.05. The molecule has 0 saturated heterocycles. The first-order chi connectivity index (χ1) is 8.79. The zero-order chi connectivity index (χ0) is 12.8. The third-order valence-electron chi connectivity index (χ3n) is 2.61. The summed E-state index contributed by atoms with van der Waals surface area (Å²) in [5.74, 6) is 0. The van der Waals surface area contributed by atoms with E-state index < -0.39 is 0 Å². The van der Waals surface area contributed by atoms with E-state index in [0.717, 1.165) is 12.0 Å². The highest BCUT2D eigenvalue weighted by atomic mass is 79.9. The Balaban J connectivity index is 2.22. The second kappa shape index (κ2) is 6.35. The number of hydrogen-bond donors (Lipinski definition) is 0. The molecule has 18 heavy (non-hydrogen) atoms. The molecule has 2 rings (SSSR count). The van der Waals surface area contributed by atoms with Crippen molar-refractivity contribution in [3.8, 4) is 0 Å². The van der Waals surface area contributed by atoms with E-state index in [1.54, 1.807) is 12.7 Å². The fraction of sp³-hybridized carbons (Fsp3) is 0.231. The van der Waals surface area contributed by atoms with Crippen LogP contribution in [-0.4, -0.2) is 32.2 Å². The van der Waals surface area contributed by atoms with Gasteiger partial charge in [0.15, 0.2) is 0 Å². The third-order valence-corrected chi connectivity index (χ3v) is 3.37. The summed E-state index contributed by atoms with van der Waals surface area (Å²) in [5, 5.41) is 7.65. The van der Waals surface area contributed by atoms with Crippen LogP contribution < -0.4 is 0 Å². The van der Waals surface area contributed by atoms with E-state index in [0.29, 0.717) is 0 Å². The number of aromatic nitrogens is 3. The molecule has 0 amide bonds. The number of benzene rings is 1. The fourth-order valence-corrected chi connectivity index (χ4v) is 1.91. The quantitative estimate of drug-likeness (QED) is 0.629. The predicted molar refractivity (Wildman–Crippen MR) is 76.0 cm³/mol. The topological polar surface area (TPSA) is 34.0 Å². The maximum Gasteiger partial charge on any atom is 0.119 e. The second-order valence-electron chi connectivity index (χ2n) is 4.00. The summed E-state index contributed by atoms with van der Waals surface area (Å²) in [6, 6.07) is 10.3. The average molecular weight is 307 g/mol. The highest BCUT2D eigenvalue weighted by Gasteiger charge is 2.04. The van der Waals surface area contributed by atoms with E-state index in [4.69, 9.17) is 0 Å². The van der Waals surface area contributed by atoms with Gasteiger partial charge in [0.1, 0.15) is 12.7 Å². The van der Waals surface area contributed by atoms with Crippen molar-refractivity contribution in [2.24, 2.45) is 0 Å². The van der Waals surface area contributed by atoms with Gasteiger partial charge in [-0.25, -0.2) is 0 Å². The van der Waals surface area contributed by atoms with Gasteiger partial charge in [-0.05, 0) is 11.6 Å².